The smallest absolute Gasteiger partial charge is 0.240 e. The van der Waals surface area contributed by atoms with Crippen LogP contribution in [0.15, 0.2) is 41.3 Å². The van der Waals surface area contributed by atoms with Crippen LogP contribution in [0.3, 0.4) is 0 Å². The summed E-state index contributed by atoms with van der Waals surface area (Å²) in [4.78, 5) is 4.90. The minimum Gasteiger partial charge on any atom is -0.507 e. The molecule has 0 aromatic heterocycles. The van der Waals surface area contributed by atoms with E-state index >= 15 is 0 Å². The van der Waals surface area contributed by atoms with Crippen LogP contribution in [0, 0.1) is 0 Å². The van der Waals surface area contributed by atoms with Gasteiger partial charge >= 0.3 is 0 Å². The van der Waals surface area contributed by atoms with Gasteiger partial charge in [0.1, 0.15) is 11.5 Å². The van der Waals surface area contributed by atoms with Crippen molar-refractivity contribution in [2.75, 3.05) is 33.3 Å². The second-order valence-corrected chi connectivity index (χ2v) is 10.5. The summed E-state index contributed by atoms with van der Waals surface area (Å²) < 4.78 is 33.4. The van der Waals surface area contributed by atoms with Crippen molar-refractivity contribution in [2.24, 2.45) is 0 Å². The molecule has 2 aromatic carbocycles. The van der Waals surface area contributed by atoms with E-state index in [1.165, 1.54) is 37.8 Å². The van der Waals surface area contributed by atoms with Crippen LogP contribution >= 0.6 is 0 Å². The highest BCUT2D eigenvalue weighted by Crippen LogP contribution is 2.29. The molecule has 32 heavy (non-hydrogen) atoms. The highest BCUT2D eigenvalue weighted by atomic mass is 32.2. The molecule has 0 spiro atoms. The first kappa shape index (κ1) is 23.0. The Labute approximate surface area is 191 Å². The molecule has 0 amide bonds. The molecule has 2 fully saturated rings. The molecule has 4 rings (SSSR count). The summed E-state index contributed by atoms with van der Waals surface area (Å²) in [5.41, 5.74) is 2.62. The number of phenols is 1. The monoisotopic (exact) mass is 459 g/mol. The van der Waals surface area contributed by atoms with E-state index in [2.05, 4.69) is 14.5 Å². The summed E-state index contributed by atoms with van der Waals surface area (Å²) in [6.45, 7) is 5.71. The molecule has 0 saturated carbocycles. The fourth-order valence-corrected chi connectivity index (χ4v) is 5.57. The van der Waals surface area contributed by atoms with Gasteiger partial charge in [-0.15, -0.1) is 0 Å². The van der Waals surface area contributed by atoms with E-state index < -0.39 is 10.0 Å². The molecule has 2 heterocycles. The quantitative estimate of drug-likeness (QED) is 0.600. The Hall–Kier alpha value is -2.13. The average Bonchev–Trinajstić information content (AvgIpc) is 3.50. The summed E-state index contributed by atoms with van der Waals surface area (Å²) in [5, 5.41) is 11.0. The van der Waals surface area contributed by atoms with Crippen LogP contribution in [0.2, 0.25) is 0 Å². The second-order valence-electron chi connectivity index (χ2n) is 8.73. The number of nitrogens with zero attached hydrogens (tertiary/aromatic N) is 2. The number of rotatable bonds is 9. The van der Waals surface area contributed by atoms with Gasteiger partial charge in [-0.1, -0.05) is 0 Å². The summed E-state index contributed by atoms with van der Waals surface area (Å²) in [6.07, 6.45) is 4.73. The first-order valence-electron chi connectivity index (χ1n) is 11.4. The number of hydrogen-bond donors (Lipinski definition) is 2. The molecule has 8 heteroatoms. The number of phenolic OH excluding ortho intramolecular Hbond substituents is 1. The van der Waals surface area contributed by atoms with Crippen molar-refractivity contribution in [1.29, 1.82) is 0 Å². The number of hydrogen-bond acceptors (Lipinski definition) is 6. The predicted octanol–water partition coefficient (Wildman–Crippen LogP) is 3.07. The standard InChI is InChI=1S/C24H33N3O4S/c1-31-22-6-8-23(9-7-22)32(29,30)25-16-19-14-20(17-26-10-2-3-11-26)24(28)21(15-19)18-27-12-4-5-13-27/h6-9,14-15,25,28H,2-5,10-13,16-18H2,1H3. The molecule has 7 nitrogen and oxygen atoms in total. The lowest BCUT2D eigenvalue weighted by Gasteiger charge is -2.21. The van der Waals surface area contributed by atoms with Gasteiger partial charge in [-0.2, -0.15) is 0 Å². The third kappa shape index (κ3) is 5.61. The molecule has 0 bridgehead atoms. The van der Waals surface area contributed by atoms with E-state index in [4.69, 9.17) is 4.74 Å². The van der Waals surface area contributed by atoms with Gasteiger partial charge < -0.3 is 9.84 Å². The molecule has 0 radical (unpaired) electrons. The van der Waals surface area contributed by atoms with Gasteiger partial charge in [0.25, 0.3) is 0 Å². The Balaban J connectivity index is 1.54. The van der Waals surface area contributed by atoms with E-state index in [1.807, 2.05) is 12.1 Å². The molecule has 2 aliphatic heterocycles. The van der Waals surface area contributed by atoms with Crippen LogP contribution < -0.4 is 9.46 Å². The van der Waals surface area contributed by atoms with E-state index in [-0.39, 0.29) is 11.4 Å². The van der Waals surface area contributed by atoms with E-state index in [9.17, 15) is 13.5 Å². The minimum atomic E-state index is -3.65. The van der Waals surface area contributed by atoms with Crippen molar-refractivity contribution in [3.8, 4) is 11.5 Å². The van der Waals surface area contributed by atoms with Gasteiger partial charge in [0.2, 0.25) is 10.0 Å². The van der Waals surface area contributed by atoms with Crippen LogP contribution in [0.4, 0.5) is 0 Å². The summed E-state index contributed by atoms with van der Waals surface area (Å²) >= 11 is 0. The molecule has 2 aliphatic rings. The molecule has 0 aliphatic carbocycles. The number of nitrogens with one attached hydrogen (secondary N) is 1. The first-order valence-corrected chi connectivity index (χ1v) is 12.8. The van der Waals surface area contributed by atoms with Gasteiger partial charge in [-0.25, -0.2) is 13.1 Å². The number of ether oxygens (including phenoxy) is 1. The number of likely N-dealkylation sites (tertiary alicyclic amines) is 2. The van der Waals surface area contributed by atoms with E-state index in [0.29, 0.717) is 24.6 Å². The number of benzene rings is 2. The SMILES string of the molecule is COc1ccc(S(=O)(=O)NCc2cc(CN3CCCC3)c(O)c(CN3CCCC3)c2)cc1. The average molecular weight is 460 g/mol. The van der Waals surface area contributed by atoms with Gasteiger partial charge in [-0.05, 0) is 93.8 Å². The van der Waals surface area contributed by atoms with Gasteiger partial charge in [-0.3, -0.25) is 9.80 Å². The van der Waals surface area contributed by atoms with Crippen molar-refractivity contribution < 1.29 is 18.3 Å². The molecule has 0 unspecified atom stereocenters. The first-order chi connectivity index (χ1) is 15.4. The fraction of sp³-hybridized carbons (Fsp3) is 0.500. The number of methoxy groups -OCH3 is 1. The van der Waals surface area contributed by atoms with Crippen molar-refractivity contribution in [1.82, 2.24) is 14.5 Å². The third-order valence-electron chi connectivity index (χ3n) is 6.35. The van der Waals surface area contributed by atoms with Crippen LogP contribution in [0.5, 0.6) is 11.5 Å². The Kier molecular flexibility index (Phi) is 7.35. The summed E-state index contributed by atoms with van der Waals surface area (Å²) in [5.74, 6) is 0.964. The maximum absolute atomic E-state index is 12.8. The molecular formula is C24H33N3O4S. The lowest BCUT2D eigenvalue weighted by Crippen LogP contribution is -2.24. The number of aromatic hydroxyl groups is 1. The largest absolute Gasteiger partial charge is 0.507 e. The van der Waals surface area contributed by atoms with Gasteiger partial charge in [0, 0.05) is 30.8 Å². The molecule has 174 valence electrons. The Morgan fingerprint density at radius 3 is 1.88 bits per heavy atom. The van der Waals surface area contributed by atoms with E-state index in [0.717, 1.165) is 42.9 Å². The molecular weight excluding hydrogens is 426 g/mol. The zero-order valence-corrected chi connectivity index (χ0v) is 19.5. The predicted molar refractivity (Wildman–Crippen MR) is 124 cm³/mol. The second kappa shape index (κ2) is 10.2. The van der Waals surface area contributed by atoms with Crippen LogP contribution in [-0.2, 0) is 29.7 Å². The maximum atomic E-state index is 12.8. The van der Waals surface area contributed by atoms with Crippen molar-refractivity contribution in [2.45, 2.75) is 50.2 Å². The van der Waals surface area contributed by atoms with Crippen LogP contribution in [0.1, 0.15) is 42.4 Å². The van der Waals surface area contributed by atoms with Crippen molar-refractivity contribution >= 4 is 10.0 Å². The lowest BCUT2D eigenvalue weighted by atomic mass is 10.0. The van der Waals surface area contributed by atoms with Crippen molar-refractivity contribution in [3.63, 3.8) is 0 Å². The van der Waals surface area contributed by atoms with Crippen LogP contribution in [-0.4, -0.2) is 56.6 Å². The third-order valence-corrected chi connectivity index (χ3v) is 7.77. The molecule has 2 N–H and O–H groups in total. The number of sulfonamides is 1. The summed E-state index contributed by atoms with van der Waals surface area (Å²) in [6, 6.07) is 10.2. The molecule has 2 aromatic rings. The summed E-state index contributed by atoms with van der Waals surface area (Å²) in [7, 11) is -2.11. The van der Waals surface area contributed by atoms with Crippen molar-refractivity contribution in [3.05, 3.63) is 53.1 Å². The van der Waals surface area contributed by atoms with E-state index in [1.54, 1.807) is 19.2 Å². The fourth-order valence-electron chi connectivity index (χ4n) is 4.56. The van der Waals surface area contributed by atoms with Gasteiger partial charge in [0.15, 0.2) is 0 Å². The lowest BCUT2D eigenvalue weighted by molar-refractivity contribution is 0.312. The topological polar surface area (TPSA) is 82.1 Å². The highest BCUT2D eigenvalue weighted by molar-refractivity contribution is 7.89. The zero-order valence-electron chi connectivity index (χ0n) is 18.7. The Morgan fingerprint density at radius 1 is 0.906 bits per heavy atom. The van der Waals surface area contributed by atoms with Crippen LogP contribution in [0.25, 0.3) is 0 Å². The maximum Gasteiger partial charge on any atom is 0.240 e. The Bertz CT molecular complexity index is 973. The zero-order chi connectivity index (χ0) is 22.6. The molecule has 2 saturated heterocycles. The minimum absolute atomic E-state index is 0.175. The van der Waals surface area contributed by atoms with Gasteiger partial charge in [0.05, 0.1) is 12.0 Å². The highest BCUT2D eigenvalue weighted by Gasteiger charge is 2.20. The Morgan fingerprint density at radius 2 is 1.41 bits per heavy atom. The molecule has 0 atom stereocenters. The normalized spacial score (nSPS) is 17.8.